The molecule has 3 N–H and O–H groups in total. The molecule has 51 heavy (non-hydrogen) atoms. The number of anilines is 2. The SMILES string of the molecule is COc1ccc(N(C)C(=O)[C@H](Cc2ccccc2)NS(=O)(=O)NC(=O)N[C@@]2(C(=O)N(C)c3ccc(OC)cc3)CC2c2cc(F)cc(F)c2)cc1. The lowest BCUT2D eigenvalue weighted by Gasteiger charge is -2.27. The number of amides is 4. The number of methoxy groups -OCH3 is 2. The summed E-state index contributed by atoms with van der Waals surface area (Å²) in [5, 5.41) is 2.46. The van der Waals surface area contributed by atoms with Crippen molar-refractivity contribution in [3.05, 3.63) is 120 Å². The minimum atomic E-state index is -4.76. The van der Waals surface area contributed by atoms with E-state index in [-0.39, 0.29) is 18.4 Å². The fraction of sp³-hybridized carbons (Fsp3) is 0.250. The summed E-state index contributed by atoms with van der Waals surface area (Å²) in [6.07, 6.45) is -0.150. The van der Waals surface area contributed by atoms with E-state index in [0.717, 1.165) is 12.1 Å². The molecule has 0 aromatic heterocycles. The molecule has 0 radical (unpaired) electrons. The van der Waals surface area contributed by atoms with Gasteiger partial charge < -0.3 is 24.6 Å². The van der Waals surface area contributed by atoms with Crippen molar-refractivity contribution in [1.82, 2.24) is 14.8 Å². The Morgan fingerprint density at radius 2 is 1.35 bits per heavy atom. The van der Waals surface area contributed by atoms with Crippen LogP contribution in [0.3, 0.4) is 0 Å². The van der Waals surface area contributed by atoms with E-state index in [1.165, 1.54) is 38.1 Å². The van der Waals surface area contributed by atoms with Crippen LogP contribution < -0.4 is 34.0 Å². The quantitative estimate of drug-likeness (QED) is 0.187. The van der Waals surface area contributed by atoms with Crippen LogP contribution in [-0.4, -0.2) is 66.2 Å². The number of nitrogens with one attached hydrogen (secondary N) is 3. The van der Waals surface area contributed by atoms with Gasteiger partial charge in [0.25, 0.3) is 5.91 Å². The number of ether oxygens (including phenoxy) is 2. The van der Waals surface area contributed by atoms with Crippen molar-refractivity contribution in [2.45, 2.75) is 30.3 Å². The molecule has 0 spiro atoms. The van der Waals surface area contributed by atoms with Crippen molar-refractivity contribution < 1.29 is 41.1 Å². The van der Waals surface area contributed by atoms with Gasteiger partial charge in [-0.15, -0.1) is 0 Å². The predicted octanol–water partition coefficient (Wildman–Crippen LogP) is 4.28. The van der Waals surface area contributed by atoms with E-state index >= 15 is 0 Å². The van der Waals surface area contributed by atoms with E-state index in [1.807, 2.05) is 4.72 Å². The molecule has 1 aliphatic carbocycles. The summed E-state index contributed by atoms with van der Waals surface area (Å²) >= 11 is 0. The number of benzene rings is 4. The maximum atomic E-state index is 14.2. The van der Waals surface area contributed by atoms with Crippen molar-refractivity contribution in [2.75, 3.05) is 38.1 Å². The van der Waals surface area contributed by atoms with E-state index in [2.05, 4.69) is 10.0 Å². The molecule has 3 atom stereocenters. The van der Waals surface area contributed by atoms with Gasteiger partial charge in [-0.3, -0.25) is 9.59 Å². The Bertz CT molecular complexity index is 1980. The third kappa shape index (κ3) is 8.61. The standard InChI is InChI=1S/C36H37F2N5O7S/c1-42(27-10-14-29(49-3)15-11-27)33(44)32(18-23-8-6-5-7-9-23)40-51(47,48)41-35(46)39-36(22-31(36)24-19-25(37)21-26(38)20-24)34(45)43(2)28-12-16-30(50-4)17-13-28/h5-17,19-21,31-32,40H,18,22H2,1-4H3,(H2,39,41,46)/t31?,32-,36-/m0/s1. The Labute approximate surface area is 294 Å². The first-order valence-corrected chi connectivity index (χ1v) is 17.2. The summed E-state index contributed by atoms with van der Waals surface area (Å²) in [5.74, 6) is -2.87. The first kappa shape index (κ1) is 36.7. The van der Waals surface area contributed by atoms with Crippen LogP contribution in [0.25, 0.3) is 0 Å². The second kappa shape index (κ2) is 15.1. The van der Waals surface area contributed by atoms with Crippen LogP contribution in [0, 0.1) is 11.6 Å². The predicted molar refractivity (Wildman–Crippen MR) is 187 cm³/mol. The molecule has 15 heteroatoms. The Morgan fingerprint density at radius 1 is 0.824 bits per heavy atom. The van der Waals surface area contributed by atoms with E-state index < -0.39 is 57.2 Å². The van der Waals surface area contributed by atoms with Gasteiger partial charge in [0.2, 0.25) is 5.91 Å². The highest BCUT2D eigenvalue weighted by Crippen LogP contribution is 2.53. The lowest BCUT2D eigenvalue weighted by molar-refractivity contribution is -0.121. The first-order chi connectivity index (χ1) is 24.2. The van der Waals surface area contributed by atoms with Crippen molar-refractivity contribution in [2.24, 2.45) is 0 Å². The van der Waals surface area contributed by atoms with E-state index in [9.17, 15) is 31.6 Å². The lowest BCUT2D eigenvalue weighted by atomic mass is 10.0. The Morgan fingerprint density at radius 3 is 1.88 bits per heavy atom. The minimum Gasteiger partial charge on any atom is -0.497 e. The van der Waals surface area contributed by atoms with Crippen LogP contribution >= 0.6 is 0 Å². The zero-order valence-electron chi connectivity index (χ0n) is 28.2. The number of nitrogens with zero attached hydrogens (tertiary/aromatic N) is 2. The highest BCUT2D eigenvalue weighted by Gasteiger charge is 2.63. The highest BCUT2D eigenvalue weighted by atomic mass is 32.2. The van der Waals surface area contributed by atoms with Crippen molar-refractivity contribution in [1.29, 1.82) is 0 Å². The third-order valence-corrected chi connectivity index (χ3v) is 9.68. The molecule has 4 aromatic rings. The summed E-state index contributed by atoms with van der Waals surface area (Å²) in [7, 11) is 1.15. The fourth-order valence-corrected chi connectivity index (χ4v) is 6.77. The molecule has 4 amide bonds. The van der Waals surface area contributed by atoms with E-state index in [1.54, 1.807) is 78.9 Å². The smallest absolute Gasteiger partial charge is 0.330 e. The van der Waals surface area contributed by atoms with Crippen LogP contribution in [0.2, 0.25) is 0 Å². The average Bonchev–Trinajstić information content (AvgIpc) is 3.84. The molecule has 0 aliphatic heterocycles. The Hall–Kier alpha value is -5.54. The van der Waals surface area contributed by atoms with Crippen molar-refractivity contribution in [3.63, 3.8) is 0 Å². The molecule has 1 aliphatic rings. The van der Waals surface area contributed by atoms with Crippen LogP contribution in [0.4, 0.5) is 25.0 Å². The van der Waals surface area contributed by atoms with Gasteiger partial charge in [0.15, 0.2) is 0 Å². The second-order valence-electron chi connectivity index (χ2n) is 12.0. The number of hydrogen-bond acceptors (Lipinski definition) is 7. The fourth-order valence-electron chi connectivity index (χ4n) is 5.85. The number of rotatable bonds is 13. The van der Waals surface area contributed by atoms with Gasteiger partial charge >= 0.3 is 16.2 Å². The summed E-state index contributed by atoms with van der Waals surface area (Å²) in [4.78, 5) is 43.6. The Kier molecular flexibility index (Phi) is 10.9. The highest BCUT2D eigenvalue weighted by molar-refractivity contribution is 7.88. The normalized spacial score (nSPS) is 17.1. The van der Waals surface area contributed by atoms with Gasteiger partial charge in [-0.05, 0) is 84.6 Å². The van der Waals surface area contributed by atoms with Crippen LogP contribution in [0.15, 0.2) is 97.1 Å². The van der Waals surface area contributed by atoms with Crippen LogP contribution in [0.5, 0.6) is 11.5 Å². The van der Waals surface area contributed by atoms with Gasteiger partial charge in [-0.1, -0.05) is 30.3 Å². The molecule has 0 heterocycles. The van der Waals surface area contributed by atoms with Crippen molar-refractivity contribution in [3.8, 4) is 11.5 Å². The van der Waals surface area contributed by atoms with E-state index in [4.69, 9.17) is 9.47 Å². The zero-order valence-corrected chi connectivity index (χ0v) is 29.0. The molecule has 12 nitrogen and oxygen atoms in total. The molecule has 1 saturated carbocycles. The monoisotopic (exact) mass is 721 g/mol. The number of likely N-dealkylation sites (N-methyl/N-ethyl adjacent to an activating group) is 2. The molecule has 1 unspecified atom stereocenters. The molecular formula is C36H37F2N5O7S. The molecule has 4 aromatic carbocycles. The van der Waals surface area contributed by atoms with Crippen molar-refractivity contribution >= 4 is 39.4 Å². The number of carbonyl (C=O) groups excluding carboxylic acids is 3. The topological polar surface area (TPSA) is 146 Å². The molecule has 0 bridgehead atoms. The van der Waals surface area contributed by atoms with Crippen LogP contribution in [-0.2, 0) is 26.2 Å². The second-order valence-corrected chi connectivity index (χ2v) is 13.5. The average molecular weight is 722 g/mol. The molecule has 268 valence electrons. The minimum absolute atomic E-state index is 0.0645. The number of halogens is 2. The Balaban J connectivity index is 1.38. The van der Waals surface area contributed by atoms with Gasteiger partial charge in [-0.25, -0.2) is 18.3 Å². The zero-order chi connectivity index (χ0) is 36.9. The first-order valence-electron chi connectivity index (χ1n) is 15.7. The lowest BCUT2D eigenvalue weighted by Crippen LogP contribution is -2.58. The van der Waals surface area contributed by atoms with E-state index in [0.29, 0.717) is 34.5 Å². The largest absolute Gasteiger partial charge is 0.497 e. The summed E-state index contributed by atoms with van der Waals surface area (Å²) in [6.45, 7) is 0. The van der Waals surface area contributed by atoms with Gasteiger partial charge in [0.05, 0.1) is 14.2 Å². The third-order valence-electron chi connectivity index (χ3n) is 8.63. The van der Waals surface area contributed by atoms with Gasteiger partial charge in [0, 0.05) is 37.5 Å². The maximum Gasteiger partial charge on any atom is 0.330 e. The number of urea groups is 1. The molecule has 0 saturated heterocycles. The molecule has 1 fully saturated rings. The number of hydrogen-bond donors (Lipinski definition) is 3. The van der Waals surface area contributed by atoms with Crippen LogP contribution in [0.1, 0.15) is 23.5 Å². The summed E-state index contributed by atoms with van der Waals surface area (Å²) in [6, 6.07) is 21.8. The summed E-state index contributed by atoms with van der Waals surface area (Å²) < 4.78 is 69.8. The molecule has 5 rings (SSSR count). The van der Waals surface area contributed by atoms with Gasteiger partial charge in [-0.2, -0.15) is 13.1 Å². The molecular weight excluding hydrogens is 684 g/mol. The number of carbonyl (C=O) groups is 3. The summed E-state index contributed by atoms with van der Waals surface area (Å²) in [5.41, 5.74) is -0.168. The van der Waals surface area contributed by atoms with Gasteiger partial charge in [0.1, 0.15) is 34.7 Å². The maximum absolute atomic E-state index is 14.2.